The lowest BCUT2D eigenvalue weighted by Crippen LogP contribution is -2.13. The Balaban J connectivity index is 2.36. The number of amidine groups is 1. The monoisotopic (exact) mass is 343 g/mol. The second-order valence-corrected chi connectivity index (χ2v) is 6.88. The van der Waals surface area contributed by atoms with E-state index in [2.05, 4.69) is 15.4 Å². The normalized spacial score (nSPS) is 11.6. The highest BCUT2D eigenvalue weighted by Crippen LogP contribution is 2.37. The van der Waals surface area contributed by atoms with Crippen molar-refractivity contribution in [1.29, 1.82) is 0 Å². The van der Waals surface area contributed by atoms with Gasteiger partial charge >= 0.3 is 0 Å². The number of nitrogens with zero attached hydrogens (tertiary/aromatic N) is 4. The molecule has 0 radical (unpaired) electrons. The molecule has 1 heterocycles. The van der Waals surface area contributed by atoms with Crippen LogP contribution in [0.2, 0.25) is 0 Å². The van der Waals surface area contributed by atoms with Crippen molar-refractivity contribution in [2.24, 2.45) is 10.9 Å². The van der Waals surface area contributed by atoms with E-state index in [4.69, 9.17) is 10.9 Å². The number of benzene rings is 1. The van der Waals surface area contributed by atoms with Crippen LogP contribution < -0.4 is 5.73 Å². The number of aromatic nitrogens is 2. The van der Waals surface area contributed by atoms with E-state index in [9.17, 15) is 10.1 Å². The van der Waals surface area contributed by atoms with Gasteiger partial charge < -0.3 is 10.9 Å². The SMILES string of the molecule is CSc1nnc(Sc2ccc(/C(N)=N/O)cc2[N+](=O)[O-])s1. The number of nitro benzene ring substituents is 1. The molecular weight excluding hydrogens is 334 g/mol. The van der Waals surface area contributed by atoms with Crippen molar-refractivity contribution in [3.63, 3.8) is 0 Å². The number of thioether (sulfide) groups is 1. The summed E-state index contributed by atoms with van der Waals surface area (Å²) < 4.78 is 1.40. The second kappa shape index (κ2) is 6.74. The number of oxime groups is 1. The summed E-state index contributed by atoms with van der Waals surface area (Å²) in [6, 6.07) is 4.34. The average Bonchev–Trinajstić information content (AvgIpc) is 2.94. The van der Waals surface area contributed by atoms with Crippen LogP contribution in [-0.2, 0) is 0 Å². The quantitative estimate of drug-likeness (QED) is 0.211. The minimum absolute atomic E-state index is 0.134. The molecule has 2 rings (SSSR count). The van der Waals surface area contributed by atoms with E-state index in [0.717, 1.165) is 16.1 Å². The molecule has 1 aromatic carbocycles. The molecule has 0 fully saturated rings. The Morgan fingerprint density at radius 3 is 2.76 bits per heavy atom. The first-order valence-electron chi connectivity index (χ1n) is 5.37. The maximum absolute atomic E-state index is 11.1. The van der Waals surface area contributed by atoms with Crippen molar-refractivity contribution < 1.29 is 10.1 Å². The Kier molecular flexibility index (Phi) is 4.98. The Morgan fingerprint density at radius 2 is 2.19 bits per heavy atom. The molecule has 0 saturated heterocycles. The molecule has 0 bridgehead atoms. The first kappa shape index (κ1) is 15.5. The van der Waals surface area contributed by atoms with Crippen molar-refractivity contribution in [3.8, 4) is 0 Å². The van der Waals surface area contributed by atoms with E-state index in [0.29, 0.717) is 9.24 Å². The molecule has 0 aliphatic carbocycles. The molecule has 0 saturated carbocycles. The molecule has 21 heavy (non-hydrogen) atoms. The van der Waals surface area contributed by atoms with Crippen LogP contribution in [0.1, 0.15) is 5.56 Å². The summed E-state index contributed by atoms with van der Waals surface area (Å²) in [5, 5.41) is 30.5. The lowest BCUT2D eigenvalue weighted by Gasteiger charge is -2.03. The first-order valence-corrected chi connectivity index (χ1v) is 8.22. The third-order valence-electron chi connectivity index (χ3n) is 2.32. The number of nitro groups is 1. The summed E-state index contributed by atoms with van der Waals surface area (Å²) in [6.07, 6.45) is 1.88. The van der Waals surface area contributed by atoms with Crippen molar-refractivity contribution in [2.45, 2.75) is 13.6 Å². The number of hydrogen-bond acceptors (Lipinski definition) is 9. The van der Waals surface area contributed by atoms with Gasteiger partial charge in [0.25, 0.3) is 5.69 Å². The fraction of sp³-hybridized carbons (Fsp3) is 0.100. The molecule has 0 aliphatic rings. The minimum Gasteiger partial charge on any atom is -0.409 e. The zero-order valence-electron chi connectivity index (χ0n) is 10.6. The summed E-state index contributed by atoms with van der Waals surface area (Å²) in [5.74, 6) is -0.185. The smallest absolute Gasteiger partial charge is 0.284 e. The van der Waals surface area contributed by atoms with E-state index in [1.807, 2.05) is 6.26 Å². The molecule has 1 aromatic heterocycles. The van der Waals surface area contributed by atoms with Crippen LogP contribution >= 0.6 is 34.9 Å². The van der Waals surface area contributed by atoms with E-state index >= 15 is 0 Å². The molecule has 0 aliphatic heterocycles. The van der Waals surface area contributed by atoms with E-state index < -0.39 is 4.92 Å². The highest BCUT2D eigenvalue weighted by atomic mass is 32.2. The van der Waals surface area contributed by atoms with Gasteiger partial charge in [-0.25, -0.2) is 0 Å². The topological polar surface area (TPSA) is 128 Å². The summed E-state index contributed by atoms with van der Waals surface area (Å²) in [7, 11) is 0. The Labute approximate surface area is 131 Å². The lowest BCUT2D eigenvalue weighted by molar-refractivity contribution is -0.387. The van der Waals surface area contributed by atoms with E-state index in [1.54, 1.807) is 6.07 Å². The van der Waals surface area contributed by atoms with Gasteiger partial charge in [-0.1, -0.05) is 40.0 Å². The number of rotatable bonds is 5. The van der Waals surface area contributed by atoms with Crippen molar-refractivity contribution in [3.05, 3.63) is 33.9 Å². The van der Waals surface area contributed by atoms with Crippen LogP contribution in [-0.4, -0.2) is 32.4 Å². The molecule has 11 heteroatoms. The predicted octanol–water partition coefficient (Wildman–Crippen LogP) is 2.41. The number of nitrogens with two attached hydrogens (primary N) is 1. The first-order chi connectivity index (χ1) is 10.0. The highest BCUT2D eigenvalue weighted by Gasteiger charge is 2.18. The molecule has 0 spiro atoms. The van der Waals surface area contributed by atoms with Crippen LogP contribution in [0, 0.1) is 10.1 Å². The zero-order chi connectivity index (χ0) is 15.4. The Morgan fingerprint density at radius 1 is 1.48 bits per heavy atom. The molecule has 0 unspecified atom stereocenters. The molecule has 2 aromatic rings. The molecular formula is C10H9N5O3S3. The van der Waals surface area contributed by atoms with E-state index in [-0.39, 0.29) is 17.1 Å². The standard InChI is InChI=1S/C10H9N5O3S3/c1-19-9-12-13-10(21-9)20-7-3-2-5(8(11)14-16)4-6(7)15(17)18/h2-4,16H,1H3,(H2,11,14). The zero-order valence-corrected chi connectivity index (χ0v) is 13.0. The maximum atomic E-state index is 11.1. The van der Waals surface area contributed by atoms with Crippen molar-refractivity contribution in [1.82, 2.24) is 10.2 Å². The van der Waals surface area contributed by atoms with Gasteiger partial charge in [0.15, 0.2) is 14.5 Å². The van der Waals surface area contributed by atoms with Crippen LogP contribution in [0.3, 0.4) is 0 Å². The van der Waals surface area contributed by atoms with Gasteiger partial charge in [-0.15, -0.1) is 10.2 Å². The maximum Gasteiger partial charge on any atom is 0.284 e. The fourth-order valence-electron chi connectivity index (χ4n) is 1.38. The molecule has 3 N–H and O–H groups in total. The summed E-state index contributed by atoms with van der Waals surface area (Å²) in [4.78, 5) is 11.0. The van der Waals surface area contributed by atoms with Gasteiger partial charge in [0.05, 0.1) is 9.82 Å². The molecule has 110 valence electrons. The van der Waals surface area contributed by atoms with Crippen LogP contribution in [0.5, 0.6) is 0 Å². The molecule has 8 nitrogen and oxygen atoms in total. The average molecular weight is 343 g/mol. The van der Waals surface area contributed by atoms with Gasteiger partial charge in [0.1, 0.15) is 0 Å². The van der Waals surface area contributed by atoms with Gasteiger partial charge in [0.2, 0.25) is 0 Å². The summed E-state index contributed by atoms with van der Waals surface area (Å²) >= 11 is 3.97. The van der Waals surface area contributed by atoms with Crippen molar-refractivity contribution >= 4 is 46.4 Å². The lowest BCUT2D eigenvalue weighted by atomic mass is 10.2. The Bertz CT molecular complexity index is 703. The number of hydrogen-bond donors (Lipinski definition) is 2. The highest BCUT2D eigenvalue weighted by molar-refractivity contribution is 8.03. The van der Waals surface area contributed by atoms with Gasteiger partial charge in [-0.05, 0) is 18.4 Å². The van der Waals surface area contributed by atoms with Crippen molar-refractivity contribution in [2.75, 3.05) is 6.26 Å². The van der Waals surface area contributed by atoms with Crippen LogP contribution in [0.15, 0.2) is 36.9 Å². The predicted molar refractivity (Wildman–Crippen MR) is 81.4 cm³/mol. The van der Waals surface area contributed by atoms with Gasteiger partial charge in [-0.3, -0.25) is 10.1 Å². The largest absolute Gasteiger partial charge is 0.409 e. The molecule has 0 atom stereocenters. The van der Waals surface area contributed by atoms with Crippen LogP contribution in [0.4, 0.5) is 5.69 Å². The third kappa shape index (κ3) is 3.62. The van der Waals surface area contributed by atoms with E-state index in [1.165, 1.54) is 35.2 Å². The van der Waals surface area contributed by atoms with Crippen LogP contribution in [0.25, 0.3) is 0 Å². The fourth-order valence-corrected chi connectivity index (χ4v) is 3.86. The van der Waals surface area contributed by atoms with Gasteiger partial charge in [-0.2, -0.15) is 0 Å². The summed E-state index contributed by atoms with van der Waals surface area (Å²) in [6.45, 7) is 0. The summed E-state index contributed by atoms with van der Waals surface area (Å²) in [5.41, 5.74) is 5.57. The second-order valence-electron chi connectivity index (χ2n) is 3.56. The molecule has 0 amide bonds. The minimum atomic E-state index is -0.521. The Hall–Kier alpha value is -1.85. The third-order valence-corrected chi connectivity index (χ3v) is 5.33. The van der Waals surface area contributed by atoms with Gasteiger partial charge in [0, 0.05) is 11.6 Å².